The van der Waals surface area contributed by atoms with Gasteiger partial charge in [-0.25, -0.2) is 0 Å². The number of allylic oxidation sites excluding steroid dienone is 2. The fourth-order valence-corrected chi connectivity index (χ4v) is 2.18. The van der Waals surface area contributed by atoms with E-state index in [0.29, 0.717) is 0 Å². The molecule has 0 spiro atoms. The van der Waals surface area contributed by atoms with Crippen molar-refractivity contribution in [2.75, 3.05) is 6.54 Å². The summed E-state index contributed by atoms with van der Waals surface area (Å²) < 4.78 is 0. The lowest BCUT2D eigenvalue weighted by molar-refractivity contribution is -0.109. The summed E-state index contributed by atoms with van der Waals surface area (Å²) in [5.74, 6) is 0. The molecule has 0 rings (SSSR count). The SMILES string of the molecule is CCCCCCCC/C=C\CCCCCCNC=O. The van der Waals surface area contributed by atoms with Crippen molar-refractivity contribution in [1.82, 2.24) is 5.32 Å². The molecule has 0 fully saturated rings. The maximum Gasteiger partial charge on any atom is 0.207 e. The third-order valence-corrected chi connectivity index (χ3v) is 3.42. The Morgan fingerprint density at radius 3 is 1.84 bits per heavy atom. The number of nitrogens with one attached hydrogen (secondary N) is 1. The largest absolute Gasteiger partial charge is 0.359 e. The molecule has 0 unspecified atom stereocenters. The molecule has 0 atom stereocenters. The monoisotopic (exact) mass is 267 g/mol. The van der Waals surface area contributed by atoms with E-state index in [4.69, 9.17) is 0 Å². The molecule has 0 bridgehead atoms. The molecule has 2 nitrogen and oxygen atoms in total. The van der Waals surface area contributed by atoms with Crippen LogP contribution < -0.4 is 5.32 Å². The predicted octanol–water partition coefficient (Wildman–Crippen LogP) is 4.99. The molecule has 0 aliphatic rings. The Morgan fingerprint density at radius 2 is 1.26 bits per heavy atom. The molecular weight excluding hydrogens is 234 g/mol. The van der Waals surface area contributed by atoms with E-state index >= 15 is 0 Å². The third kappa shape index (κ3) is 17.2. The number of hydrogen-bond donors (Lipinski definition) is 1. The second-order valence-electron chi connectivity index (χ2n) is 5.30. The summed E-state index contributed by atoms with van der Waals surface area (Å²) in [5, 5.41) is 2.70. The number of rotatable bonds is 15. The van der Waals surface area contributed by atoms with Crippen LogP contribution in [0.5, 0.6) is 0 Å². The Labute approximate surface area is 120 Å². The van der Waals surface area contributed by atoms with E-state index < -0.39 is 0 Å². The highest BCUT2D eigenvalue weighted by molar-refractivity contribution is 5.45. The fraction of sp³-hybridized carbons (Fsp3) is 0.824. The minimum Gasteiger partial charge on any atom is -0.359 e. The molecular formula is C17H33NO. The topological polar surface area (TPSA) is 29.1 Å². The lowest BCUT2D eigenvalue weighted by Gasteiger charge is -1.99. The maximum atomic E-state index is 10.0. The molecule has 0 aromatic carbocycles. The van der Waals surface area contributed by atoms with Gasteiger partial charge < -0.3 is 5.32 Å². The number of carbonyl (C=O) groups is 1. The third-order valence-electron chi connectivity index (χ3n) is 3.42. The Bertz CT molecular complexity index is 201. The van der Waals surface area contributed by atoms with Crippen LogP contribution in [0.3, 0.4) is 0 Å². The van der Waals surface area contributed by atoms with Gasteiger partial charge in [-0.15, -0.1) is 0 Å². The van der Waals surface area contributed by atoms with Crippen LogP contribution in [-0.4, -0.2) is 13.0 Å². The van der Waals surface area contributed by atoms with E-state index in [2.05, 4.69) is 24.4 Å². The summed E-state index contributed by atoms with van der Waals surface area (Å²) in [5.41, 5.74) is 0. The zero-order valence-corrected chi connectivity index (χ0v) is 12.8. The second kappa shape index (κ2) is 17.2. The Kier molecular flexibility index (Phi) is 16.5. The van der Waals surface area contributed by atoms with Crippen LogP contribution in [-0.2, 0) is 4.79 Å². The first-order valence-electron chi connectivity index (χ1n) is 8.23. The maximum absolute atomic E-state index is 10.0. The molecule has 2 heteroatoms. The van der Waals surface area contributed by atoms with Crippen molar-refractivity contribution >= 4 is 6.41 Å². The minimum atomic E-state index is 0.783. The van der Waals surface area contributed by atoms with Crippen molar-refractivity contribution in [1.29, 1.82) is 0 Å². The van der Waals surface area contributed by atoms with Gasteiger partial charge in [0.1, 0.15) is 0 Å². The summed E-state index contributed by atoms with van der Waals surface area (Å²) in [6.45, 7) is 3.10. The molecule has 0 saturated heterocycles. The summed E-state index contributed by atoms with van der Waals surface area (Å²) in [6.07, 6.45) is 21.2. The van der Waals surface area contributed by atoms with Crippen LogP contribution in [0.15, 0.2) is 12.2 Å². The average molecular weight is 267 g/mol. The number of hydrogen-bond acceptors (Lipinski definition) is 1. The number of unbranched alkanes of at least 4 members (excludes halogenated alkanes) is 10. The van der Waals surface area contributed by atoms with E-state index in [1.807, 2.05) is 0 Å². The van der Waals surface area contributed by atoms with Crippen molar-refractivity contribution in [2.24, 2.45) is 0 Å². The first-order chi connectivity index (χ1) is 9.41. The Hall–Kier alpha value is -0.790. The van der Waals surface area contributed by atoms with Gasteiger partial charge in [-0.2, -0.15) is 0 Å². The van der Waals surface area contributed by atoms with Crippen molar-refractivity contribution in [3.63, 3.8) is 0 Å². The van der Waals surface area contributed by atoms with Crippen LogP contribution in [0.4, 0.5) is 0 Å². The highest BCUT2D eigenvalue weighted by Crippen LogP contribution is 2.08. The summed E-state index contributed by atoms with van der Waals surface area (Å²) >= 11 is 0. The normalized spacial score (nSPS) is 11.0. The quantitative estimate of drug-likeness (QED) is 0.253. The van der Waals surface area contributed by atoms with E-state index in [1.54, 1.807) is 0 Å². The van der Waals surface area contributed by atoms with E-state index in [1.165, 1.54) is 70.6 Å². The first-order valence-corrected chi connectivity index (χ1v) is 8.23. The van der Waals surface area contributed by atoms with Crippen LogP contribution >= 0.6 is 0 Å². The van der Waals surface area contributed by atoms with Gasteiger partial charge in [0.15, 0.2) is 0 Å². The second-order valence-corrected chi connectivity index (χ2v) is 5.30. The summed E-state index contributed by atoms with van der Waals surface area (Å²) in [4.78, 5) is 10.0. The van der Waals surface area contributed by atoms with E-state index in [9.17, 15) is 4.79 Å². The minimum absolute atomic E-state index is 0.783. The van der Waals surface area contributed by atoms with Crippen LogP contribution in [0.2, 0.25) is 0 Å². The fourth-order valence-electron chi connectivity index (χ4n) is 2.18. The number of carbonyl (C=O) groups excluding carboxylic acids is 1. The smallest absolute Gasteiger partial charge is 0.207 e. The molecule has 0 radical (unpaired) electrons. The molecule has 0 aliphatic carbocycles. The van der Waals surface area contributed by atoms with Gasteiger partial charge in [0.2, 0.25) is 6.41 Å². The molecule has 0 aliphatic heterocycles. The van der Waals surface area contributed by atoms with E-state index in [-0.39, 0.29) is 0 Å². The molecule has 112 valence electrons. The molecule has 0 aromatic heterocycles. The lowest BCUT2D eigenvalue weighted by Crippen LogP contribution is -2.11. The Balaban J connectivity index is 3.03. The molecule has 0 aromatic rings. The Morgan fingerprint density at radius 1 is 0.737 bits per heavy atom. The summed E-state index contributed by atoms with van der Waals surface area (Å²) in [6, 6.07) is 0. The van der Waals surface area contributed by atoms with E-state index in [0.717, 1.165) is 19.4 Å². The van der Waals surface area contributed by atoms with Crippen molar-refractivity contribution in [3.05, 3.63) is 12.2 Å². The standard InChI is InChI=1S/C17H33NO/c1-2-3-4-5-6-7-8-9-10-11-12-13-14-15-16-18-17-19/h9-10,17H,2-8,11-16H2,1H3,(H,18,19)/b10-9-. The van der Waals surface area contributed by atoms with Gasteiger partial charge in [-0.05, 0) is 32.1 Å². The van der Waals surface area contributed by atoms with Crippen molar-refractivity contribution < 1.29 is 4.79 Å². The van der Waals surface area contributed by atoms with Gasteiger partial charge in [-0.3, -0.25) is 4.79 Å². The lowest BCUT2D eigenvalue weighted by atomic mass is 10.1. The van der Waals surface area contributed by atoms with Crippen LogP contribution in [0.1, 0.15) is 84.0 Å². The molecule has 1 amide bonds. The van der Waals surface area contributed by atoms with Crippen LogP contribution in [0, 0.1) is 0 Å². The highest BCUT2D eigenvalue weighted by Gasteiger charge is 1.89. The van der Waals surface area contributed by atoms with Gasteiger partial charge in [0.25, 0.3) is 0 Å². The summed E-state index contributed by atoms with van der Waals surface area (Å²) in [7, 11) is 0. The molecule has 0 saturated carbocycles. The van der Waals surface area contributed by atoms with Crippen LogP contribution in [0.25, 0.3) is 0 Å². The van der Waals surface area contributed by atoms with Crippen molar-refractivity contribution in [2.45, 2.75) is 84.0 Å². The van der Waals surface area contributed by atoms with Gasteiger partial charge >= 0.3 is 0 Å². The average Bonchev–Trinajstić information content (AvgIpc) is 2.43. The molecule has 0 heterocycles. The van der Waals surface area contributed by atoms with Gasteiger partial charge in [-0.1, -0.05) is 64.0 Å². The highest BCUT2D eigenvalue weighted by atomic mass is 16.1. The van der Waals surface area contributed by atoms with Crippen molar-refractivity contribution in [3.8, 4) is 0 Å². The zero-order valence-electron chi connectivity index (χ0n) is 12.8. The molecule has 1 N–H and O–H groups in total. The zero-order chi connectivity index (χ0) is 14.0. The molecule has 19 heavy (non-hydrogen) atoms. The van der Waals surface area contributed by atoms with Gasteiger partial charge in [0.05, 0.1) is 0 Å². The number of amides is 1. The first kappa shape index (κ1) is 18.2. The van der Waals surface area contributed by atoms with Gasteiger partial charge in [0, 0.05) is 6.54 Å². The predicted molar refractivity (Wildman–Crippen MR) is 84.3 cm³/mol.